The molecule has 2 aromatic rings. The number of nitrogens with one attached hydrogen (secondary N) is 1. The number of esters is 2. The lowest BCUT2D eigenvalue weighted by molar-refractivity contribution is -0.117. The van der Waals surface area contributed by atoms with Gasteiger partial charge in [-0.2, -0.15) is 0 Å². The molecule has 1 heterocycles. The molecule has 0 bridgehead atoms. The minimum atomic E-state index is -0.634. The van der Waals surface area contributed by atoms with E-state index >= 15 is 0 Å². The van der Waals surface area contributed by atoms with E-state index in [1.165, 1.54) is 38.5 Å². The van der Waals surface area contributed by atoms with Gasteiger partial charge in [-0.05, 0) is 30.3 Å². The van der Waals surface area contributed by atoms with Crippen molar-refractivity contribution >= 4 is 29.2 Å². The molecule has 0 radical (unpaired) electrons. The van der Waals surface area contributed by atoms with Gasteiger partial charge >= 0.3 is 11.9 Å². The van der Waals surface area contributed by atoms with Crippen molar-refractivity contribution in [1.82, 2.24) is 4.90 Å². The number of ether oxygens (including phenoxy) is 2. The van der Waals surface area contributed by atoms with Crippen molar-refractivity contribution in [3.8, 4) is 0 Å². The Kier molecular flexibility index (Phi) is 7.19. The van der Waals surface area contributed by atoms with Crippen LogP contribution in [0, 0.1) is 5.82 Å². The highest BCUT2D eigenvalue weighted by Crippen LogP contribution is 2.20. The first-order valence-electron chi connectivity index (χ1n) is 9.74. The molecule has 1 fully saturated rings. The number of carbonyl (C=O) groups excluding carboxylic acids is 3. The number of amides is 1. The molecular weight excluding hydrogens is 405 g/mol. The second kappa shape index (κ2) is 10.0. The summed E-state index contributed by atoms with van der Waals surface area (Å²) in [5, 5.41) is 2.71. The number of methoxy groups -OCH3 is 2. The number of rotatable bonds is 6. The number of carbonyl (C=O) groups is 3. The fourth-order valence-corrected chi connectivity index (χ4v) is 3.43. The highest BCUT2D eigenvalue weighted by atomic mass is 19.1. The molecule has 164 valence electrons. The quantitative estimate of drug-likeness (QED) is 0.704. The number of anilines is 2. The van der Waals surface area contributed by atoms with Gasteiger partial charge in [0.05, 0.1) is 37.6 Å². The van der Waals surface area contributed by atoms with E-state index < -0.39 is 11.9 Å². The van der Waals surface area contributed by atoms with Crippen LogP contribution in [0.2, 0.25) is 0 Å². The predicted octanol–water partition coefficient (Wildman–Crippen LogP) is 2.16. The number of halogens is 1. The lowest BCUT2D eigenvalue weighted by Gasteiger charge is -2.35. The molecule has 2 aromatic carbocycles. The van der Waals surface area contributed by atoms with Crippen LogP contribution < -0.4 is 10.2 Å². The lowest BCUT2D eigenvalue weighted by Crippen LogP contribution is -2.48. The molecule has 8 nitrogen and oxygen atoms in total. The first-order chi connectivity index (χ1) is 14.9. The fraction of sp³-hybridized carbons (Fsp3) is 0.318. The van der Waals surface area contributed by atoms with Crippen molar-refractivity contribution in [2.75, 3.05) is 57.2 Å². The molecule has 1 N–H and O–H groups in total. The smallest absolute Gasteiger partial charge is 0.337 e. The summed E-state index contributed by atoms with van der Waals surface area (Å²) in [6.07, 6.45) is 0. The largest absolute Gasteiger partial charge is 0.465 e. The maximum atomic E-state index is 14.0. The molecule has 1 aliphatic rings. The summed E-state index contributed by atoms with van der Waals surface area (Å²) in [6, 6.07) is 10.8. The molecule has 9 heteroatoms. The van der Waals surface area contributed by atoms with Gasteiger partial charge in [0.2, 0.25) is 5.91 Å². The van der Waals surface area contributed by atoms with Gasteiger partial charge in [0.15, 0.2) is 0 Å². The van der Waals surface area contributed by atoms with Gasteiger partial charge in [-0.1, -0.05) is 12.1 Å². The molecular formula is C22H24FN3O5. The van der Waals surface area contributed by atoms with Gasteiger partial charge in [-0.15, -0.1) is 0 Å². The molecule has 0 saturated carbocycles. The Morgan fingerprint density at radius 2 is 1.52 bits per heavy atom. The standard InChI is InChI=1S/C22H24FN3O5/c1-30-21(28)15-11-16(22(29)31-2)13-17(12-15)24-20(27)14-25-7-9-26(10-8-25)19-6-4-3-5-18(19)23/h3-6,11-13H,7-10,14H2,1-2H3,(H,24,27). The monoisotopic (exact) mass is 429 g/mol. The van der Waals surface area contributed by atoms with Crippen molar-refractivity contribution in [3.05, 3.63) is 59.4 Å². The van der Waals surface area contributed by atoms with Gasteiger partial charge in [-0.25, -0.2) is 14.0 Å². The van der Waals surface area contributed by atoms with E-state index in [9.17, 15) is 18.8 Å². The Morgan fingerprint density at radius 3 is 2.06 bits per heavy atom. The second-order valence-electron chi connectivity index (χ2n) is 7.04. The fourth-order valence-electron chi connectivity index (χ4n) is 3.43. The molecule has 1 aliphatic heterocycles. The molecule has 3 rings (SSSR count). The summed E-state index contributed by atoms with van der Waals surface area (Å²) in [4.78, 5) is 40.2. The highest BCUT2D eigenvalue weighted by molar-refractivity contribution is 5.99. The average Bonchev–Trinajstić information content (AvgIpc) is 2.78. The third-order valence-corrected chi connectivity index (χ3v) is 4.99. The second-order valence-corrected chi connectivity index (χ2v) is 7.04. The molecule has 1 amide bonds. The lowest BCUT2D eigenvalue weighted by atomic mass is 10.1. The normalized spacial score (nSPS) is 14.1. The molecule has 31 heavy (non-hydrogen) atoms. The van der Waals surface area contributed by atoms with E-state index in [0.717, 1.165) is 0 Å². The SMILES string of the molecule is COC(=O)c1cc(NC(=O)CN2CCN(c3ccccc3F)CC2)cc(C(=O)OC)c1. The Bertz CT molecular complexity index is 939. The van der Waals surface area contributed by atoms with Crippen LogP contribution in [-0.2, 0) is 14.3 Å². The molecule has 0 aliphatic carbocycles. The zero-order valence-corrected chi connectivity index (χ0v) is 17.4. The van der Waals surface area contributed by atoms with Gasteiger partial charge in [0, 0.05) is 31.9 Å². The number of piperazine rings is 1. The first-order valence-corrected chi connectivity index (χ1v) is 9.74. The number of nitrogens with zero attached hydrogens (tertiary/aromatic N) is 2. The van der Waals surface area contributed by atoms with Crippen LogP contribution in [0.1, 0.15) is 20.7 Å². The summed E-state index contributed by atoms with van der Waals surface area (Å²) < 4.78 is 23.4. The third kappa shape index (κ3) is 5.58. The molecule has 0 atom stereocenters. The van der Waals surface area contributed by atoms with Crippen molar-refractivity contribution in [2.45, 2.75) is 0 Å². The zero-order chi connectivity index (χ0) is 22.4. The van der Waals surface area contributed by atoms with Gasteiger partial charge in [0.1, 0.15) is 5.82 Å². The molecule has 1 saturated heterocycles. The minimum absolute atomic E-state index is 0.124. The van der Waals surface area contributed by atoms with Crippen molar-refractivity contribution in [3.63, 3.8) is 0 Å². The van der Waals surface area contributed by atoms with Crippen LogP contribution in [0.5, 0.6) is 0 Å². The number of hydrogen-bond acceptors (Lipinski definition) is 7. The van der Waals surface area contributed by atoms with Gasteiger partial charge in [-0.3, -0.25) is 9.69 Å². The predicted molar refractivity (Wildman–Crippen MR) is 113 cm³/mol. The number of benzene rings is 2. The summed E-state index contributed by atoms with van der Waals surface area (Å²) in [5.74, 6) is -1.83. The Labute approximate surface area is 179 Å². The Balaban J connectivity index is 1.61. The van der Waals surface area contributed by atoms with E-state index in [-0.39, 0.29) is 29.4 Å². The van der Waals surface area contributed by atoms with Crippen LogP contribution in [0.3, 0.4) is 0 Å². The average molecular weight is 429 g/mol. The van der Waals surface area contributed by atoms with Crippen LogP contribution in [-0.4, -0.2) is 69.7 Å². The minimum Gasteiger partial charge on any atom is -0.465 e. The van der Waals surface area contributed by atoms with Crippen molar-refractivity contribution in [1.29, 1.82) is 0 Å². The molecule has 0 spiro atoms. The summed E-state index contributed by atoms with van der Waals surface area (Å²) >= 11 is 0. The van der Waals surface area contributed by atoms with E-state index in [4.69, 9.17) is 9.47 Å². The van der Waals surface area contributed by atoms with Gasteiger partial charge < -0.3 is 19.7 Å². The third-order valence-electron chi connectivity index (χ3n) is 4.99. The van der Waals surface area contributed by atoms with Crippen LogP contribution >= 0.6 is 0 Å². The zero-order valence-electron chi connectivity index (χ0n) is 17.4. The van der Waals surface area contributed by atoms with Crippen LogP contribution in [0.25, 0.3) is 0 Å². The molecule has 0 aromatic heterocycles. The van der Waals surface area contributed by atoms with Gasteiger partial charge in [0.25, 0.3) is 0 Å². The summed E-state index contributed by atoms with van der Waals surface area (Å²) in [6.45, 7) is 2.51. The van der Waals surface area contributed by atoms with Crippen LogP contribution in [0.15, 0.2) is 42.5 Å². The van der Waals surface area contributed by atoms with E-state index in [0.29, 0.717) is 37.6 Å². The first kappa shape index (κ1) is 22.2. The topological polar surface area (TPSA) is 88.2 Å². The maximum absolute atomic E-state index is 14.0. The van der Waals surface area contributed by atoms with Crippen molar-refractivity contribution in [2.24, 2.45) is 0 Å². The maximum Gasteiger partial charge on any atom is 0.337 e. The number of para-hydroxylation sites is 1. The summed E-state index contributed by atoms with van der Waals surface area (Å²) in [7, 11) is 2.46. The summed E-state index contributed by atoms with van der Waals surface area (Å²) in [5.41, 5.74) is 1.10. The highest BCUT2D eigenvalue weighted by Gasteiger charge is 2.21. The van der Waals surface area contributed by atoms with E-state index in [2.05, 4.69) is 5.32 Å². The Hall–Kier alpha value is -3.46. The van der Waals surface area contributed by atoms with Crippen LogP contribution in [0.4, 0.5) is 15.8 Å². The van der Waals surface area contributed by atoms with Crippen molar-refractivity contribution < 1.29 is 28.2 Å². The number of hydrogen-bond donors (Lipinski definition) is 1. The van der Waals surface area contributed by atoms with E-state index in [1.54, 1.807) is 18.2 Å². The van der Waals surface area contributed by atoms with E-state index in [1.807, 2.05) is 9.80 Å². The Morgan fingerprint density at radius 1 is 0.935 bits per heavy atom. The molecule has 0 unspecified atom stereocenters.